The van der Waals surface area contributed by atoms with Gasteiger partial charge >= 0.3 is 0 Å². The average Bonchev–Trinajstić information content (AvgIpc) is 2.26. The van der Waals surface area contributed by atoms with Crippen LogP contribution in [0.5, 0.6) is 0 Å². The Morgan fingerprint density at radius 1 is 1.50 bits per heavy atom. The molecular weight excluding hydrogens is 244 g/mol. The number of nitrogens with zero attached hydrogens (tertiary/aromatic N) is 1. The van der Waals surface area contributed by atoms with E-state index in [1.807, 2.05) is 0 Å². The topological polar surface area (TPSA) is 63.4 Å². The molecule has 1 aliphatic rings. The smallest absolute Gasteiger partial charge is 0.164 e. The van der Waals surface area contributed by atoms with E-state index in [1.165, 1.54) is 6.26 Å². The standard InChI is InChI=1S/C10H22N2O2S2/c1-8(6-11)9(2)12-4-5-15-7-10(12)16(3,13)14/h8-10H,4-7,11H2,1-3H3. The highest BCUT2D eigenvalue weighted by molar-refractivity contribution is 8.00. The molecule has 0 aromatic rings. The molecular formula is C10H22N2O2S2. The summed E-state index contributed by atoms with van der Waals surface area (Å²) in [5, 5.41) is -0.338. The molecule has 0 saturated carbocycles. The quantitative estimate of drug-likeness (QED) is 0.797. The maximum absolute atomic E-state index is 11.7. The fraction of sp³-hybridized carbons (Fsp3) is 1.00. The monoisotopic (exact) mass is 266 g/mol. The molecule has 3 unspecified atom stereocenters. The first-order chi connectivity index (χ1) is 7.38. The Morgan fingerprint density at radius 2 is 2.12 bits per heavy atom. The molecule has 0 aromatic carbocycles. The van der Waals surface area contributed by atoms with Crippen LogP contribution in [0.1, 0.15) is 13.8 Å². The predicted molar refractivity (Wildman–Crippen MR) is 70.3 cm³/mol. The molecule has 0 aromatic heterocycles. The van der Waals surface area contributed by atoms with Crippen molar-refractivity contribution < 1.29 is 8.42 Å². The van der Waals surface area contributed by atoms with Crippen LogP contribution in [0.3, 0.4) is 0 Å². The Morgan fingerprint density at radius 3 is 2.62 bits per heavy atom. The number of hydrogen-bond donors (Lipinski definition) is 1. The summed E-state index contributed by atoms with van der Waals surface area (Å²) in [5.41, 5.74) is 5.65. The first-order valence-corrected chi connectivity index (χ1v) is 8.71. The summed E-state index contributed by atoms with van der Waals surface area (Å²) in [6, 6.07) is 0.227. The van der Waals surface area contributed by atoms with Crippen LogP contribution in [-0.2, 0) is 9.84 Å². The van der Waals surface area contributed by atoms with E-state index in [4.69, 9.17) is 5.73 Å². The van der Waals surface area contributed by atoms with E-state index in [2.05, 4.69) is 18.7 Å². The Kier molecular flexibility index (Phi) is 5.10. The van der Waals surface area contributed by atoms with Crippen molar-refractivity contribution in [2.45, 2.75) is 25.3 Å². The molecule has 16 heavy (non-hydrogen) atoms. The minimum absolute atomic E-state index is 0.227. The van der Waals surface area contributed by atoms with Crippen molar-refractivity contribution in [2.75, 3.05) is 30.9 Å². The van der Waals surface area contributed by atoms with Gasteiger partial charge in [0.15, 0.2) is 9.84 Å². The first-order valence-electron chi connectivity index (χ1n) is 5.60. The maximum atomic E-state index is 11.7. The summed E-state index contributed by atoms with van der Waals surface area (Å²) in [6.45, 7) is 5.59. The molecule has 1 fully saturated rings. The second-order valence-electron chi connectivity index (χ2n) is 4.55. The molecule has 0 amide bonds. The highest BCUT2D eigenvalue weighted by atomic mass is 32.2. The van der Waals surface area contributed by atoms with Gasteiger partial charge in [-0.1, -0.05) is 6.92 Å². The van der Waals surface area contributed by atoms with E-state index in [1.54, 1.807) is 11.8 Å². The van der Waals surface area contributed by atoms with Gasteiger partial charge in [0.25, 0.3) is 0 Å². The van der Waals surface area contributed by atoms with Crippen molar-refractivity contribution in [3.8, 4) is 0 Å². The van der Waals surface area contributed by atoms with Crippen molar-refractivity contribution in [1.29, 1.82) is 0 Å². The largest absolute Gasteiger partial charge is 0.330 e. The second-order valence-corrected chi connectivity index (χ2v) is 7.90. The first kappa shape index (κ1) is 14.3. The molecule has 4 nitrogen and oxygen atoms in total. The summed E-state index contributed by atoms with van der Waals surface area (Å²) < 4.78 is 23.5. The summed E-state index contributed by atoms with van der Waals surface area (Å²) in [5.74, 6) is 2.01. The van der Waals surface area contributed by atoms with Gasteiger partial charge in [0.1, 0.15) is 5.37 Å². The van der Waals surface area contributed by atoms with Crippen LogP contribution in [0.15, 0.2) is 0 Å². The fourth-order valence-electron chi connectivity index (χ4n) is 1.95. The zero-order chi connectivity index (χ0) is 12.3. The van der Waals surface area contributed by atoms with E-state index < -0.39 is 9.84 Å². The number of rotatable bonds is 4. The zero-order valence-corrected chi connectivity index (χ0v) is 11.9. The molecule has 96 valence electrons. The number of thioether (sulfide) groups is 1. The van der Waals surface area contributed by atoms with E-state index in [-0.39, 0.29) is 11.4 Å². The number of hydrogen-bond acceptors (Lipinski definition) is 5. The lowest BCUT2D eigenvalue weighted by Gasteiger charge is -2.40. The third-order valence-corrected chi connectivity index (χ3v) is 6.00. The molecule has 3 atom stereocenters. The maximum Gasteiger partial charge on any atom is 0.164 e. The Labute approximate surface area is 103 Å². The predicted octanol–water partition coefficient (Wildman–Crippen LogP) is 0.389. The van der Waals surface area contributed by atoms with Crippen molar-refractivity contribution in [3.05, 3.63) is 0 Å². The Hall–Kier alpha value is 0.220. The van der Waals surface area contributed by atoms with Crippen LogP contribution < -0.4 is 5.73 Å². The normalized spacial score (nSPS) is 27.6. The van der Waals surface area contributed by atoms with Crippen LogP contribution in [0.4, 0.5) is 0 Å². The lowest BCUT2D eigenvalue weighted by Crippen LogP contribution is -2.53. The van der Waals surface area contributed by atoms with E-state index >= 15 is 0 Å². The van der Waals surface area contributed by atoms with Crippen LogP contribution in [-0.4, -0.2) is 55.6 Å². The summed E-state index contributed by atoms with van der Waals surface area (Å²) >= 11 is 1.72. The SMILES string of the molecule is CC(CN)C(C)N1CCSCC1S(C)(=O)=O. The van der Waals surface area contributed by atoms with Crippen LogP contribution >= 0.6 is 11.8 Å². The zero-order valence-electron chi connectivity index (χ0n) is 10.2. The molecule has 0 radical (unpaired) electrons. The molecule has 0 aliphatic carbocycles. The fourth-order valence-corrected chi connectivity index (χ4v) is 4.92. The highest BCUT2D eigenvalue weighted by Crippen LogP contribution is 2.24. The van der Waals surface area contributed by atoms with Gasteiger partial charge in [-0.25, -0.2) is 8.42 Å². The highest BCUT2D eigenvalue weighted by Gasteiger charge is 2.35. The van der Waals surface area contributed by atoms with Gasteiger partial charge in [0.2, 0.25) is 0 Å². The van der Waals surface area contributed by atoms with Crippen molar-refractivity contribution in [2.24, 2.45) is 11.7 Å². The van der Waals surface area contributed by atoms with Gasteiger partial charge < -0.3 is 5.73 Å². The molecule has 1 heterocycles. The van der Waals surface area contributed by atoms with Gasteiger partial charge in [-0.05, 0) is 19.4 Å². The van der Waals surface area contributed by atoms with E-state index in [0.717, 1.165) is 12.3 Å². The van der Waals surface area contributed by atoms with Crippen molar-refractivity contribution in [3.63, 3.8) is 0 Å². The Balaban J connectivity index is 2.82. The molecule has 6 heteroatoms. The number of sulfone groups is 1. The van der Waals surface area contributed by atoms with Crippen LogP contribution in [0, 0.1) is 5.92 Å². The lowest BCUT2D eigenvalue weighted by atomic mass is 10.0. The van der Waals surface area contributed by atoms with Crippen molar-refractivity contribution in [1.82, 2.24) is 4.90 Å². The Bertz CT molecular complexity index is 319. The second kappa shape index (κ2) is 5.71. The van der Waals surface area contributed by atoms with Crippen molar-refractivity contribution >= 4 is 21.6 Å². The third kappa shape index (κ3) is 3.35. The molecule has 2 N–H and O–H groups in total. The van der Waals surface area contributed by atoms with E-state index in [9.17, 15) is 8.42 Å². The third-order valence-electron chi connectivity index (χ3n) is 3.34. The number of nitrogens with two attached hydrogens (primary N) is 1. The van der Waals surface area contributed by atoms with Crippen LogP contribution in [0.25, 0.3) is 0 Å². The summed E-state index contributed by atoms with van der Waals surface area (Å²) in [6.07, 6.45) is 1.33. The molecule has 1 aliphatic heterocycles. The van der Waals surface area contributed by atoms with Gasteiger partial charge in [-0.3, -0.25) is 4.90 Å². The lowest BCUT2D eigenvalue weighted by molar-refractivity contribution is 0.160. The van der Waals surface area contributed by atoms with E-state index in [0.29, 0.717) is 18.2 Å². The van der Waals surface area contributed by atoms with Gasteiger partial charge in [0.05, 0.1) is 0 Å². The average molecular weight is 266 g/mol. The van der Waals surface area contributed by atoms with Crippen LogP contribution in [0.2, 0.25) is 0 Å². The molecule has 1 rings (SSSR count). The molecule has 0 bridgehead atoms. The molecule has 0 spiro atoms. The van der Waals surface area contributed by atoms with Gasteiger partial charge in [-0.15, -0.1) is 0 Å². The van der Waals surface area contributed by atoms with Gasteiger partial charge in [0, 0.05) is 30.3 Å². The van der Waals surface area contributed by atoms with Gasteiger partial charge in [-0.2, -0.15) is 11.8 Å². The minimum Gasteiger partial charge on any atom is -0.330 e. The summed E-state index contributed by atoms with van der Waals surface area (Å²) in [7, 11) is -3.00. The molecule has 1 saturated heterocycles. The summed E-state index contributed by atoms with van der Waals surface area (Å²) in [4.78, 5) is 2.10. The minimum atomic E-state index is -3.00.